The average molecular weight is 259 g/mol. The SMILES string of the molecule is N[C@@H](Cc1c[nH]c2ccccc12)C(=O)NC1COC1. The van der Waals surface area contributed by atoms with Gasteiger partial charge in [0.15, 0.2) is 0 Å². The van der Waals surface area contributed by atoms with Crippen LogP contribution in [0.2, 0.25) is 0 Å². The van der Waals surface area contributed by atoms with Gasteiger partial charge in [-0.25, -0.2) is 0 Å². The quantitative estimate of drug-likeness (QED) is 0.750. The summed E-state index contributed by atoms with van der Waals surface area (Å²) in [6.45, 7) is 1.18. The number of H-pyrrole nitrogens is 1. The van der Waals surface area contributed by atoms with E-state index in [1.54, 1.807) is 0 Å². The molecule has 1 aliphatic heterocycles. The van der Waals surface area contributed by atoms with Gasteiger partial charge < -0.3 is 20.8 Å². The number of hydrogen-bond donors (Lipinski definition) is 3. The number of rotatable bonds is 4. The molecule has 3 rings (SSSR count). The second-order valence-corrected chi connectivity index (χ2v) is 4.91. The largest absolute Gasteiger partial charge is 0.377 e. The lowest BCUT2D eigenvalue weighted by molar-refractivity contribution is -0.126. The van der Waals surface area contributed by atoms with Gasteiger partial charge in [0.2, 0.25) is 5.91 Å². The standard InChI is InChI=1S/C14H17N3O2/c15-12(14(18)17-10-7-19-8-10)5-9-6-16-13-4-2-1-3-11(9)13/h1-4,6,10,12,16H,5,7-8,15H2,(H,17,18)/t12-/m0/s1. The Morgan fingerprint density at radius 3 is 3.00 bits per heavy atom. The van der Waals surface area contributed by atoms with Gasteiger partial charge in [0.1, 0.15) is 0 Å². The first kappa shape index (κ1) is 12.2. The fraction of sp³-hybridized carbons (Fsp3) is 0.357. The van der Waals surface area contributed by atoms with Crippen molar-refractivity contribution >= 4 is 16.8 Å². The van der Waals surface area contributed by atoms with E-state index in [1.165, 1.54) is 0 Å². The molecule has 0 saturated carbocycles. The smallest absolute Gasteiger partial charge is 0.237 e. The molecule has 1 saturated heterocycles. The lowest BCUT2D eigenvalue weighted by atomic mass is 10.0. The highest BCUT2D eigenvalue weighted by atomic mass is 16.5. The molecule has 2 aromatic rings. The zero-order valence-electron chi connectivity index (χ0n) is 10.6. The van der Waals surface area contributed by atoms with E-state index >= 15 is 0 Å². The molecule has 0 unspecified atom stereocenters. The third-order valence-electron chi connectivity index (χ3n) is 3.44. The molecule has 1 aromatic carbocycles. The molecule has 5 heteroatoms. The summed E-state index contributed by atoms with van der Waals surface area (Å²) in [5.41, 5.74) is 8.10. The Morgan fingerprint density at radius 1 is 1.47 bits per heavy atom. The number of benzene rings is 1. The highest BCUT2D eigenvalue weighted by molar-refractivity contribution is 5.86. The van der Waals surface area contributed by atoms with Crippen LogP contribution < -0.4 is 11.1 Å². The van der Waals surface area contributed by atoms with Crippen LogP contribution >= 0.6 is 0 Å². The molecule has 0 radical (unpaired) electrons. The Balaban J connectivity index is 1.68. The van der Waals surface area contributed by atoms with Crippen LogP contribution in [0.1, 0.15) is 5.56 Å². The predicted octanol–water partition coefficient (Wildman–Crippen LogP) is 0.553. The van der Waals surface area contributed by atoms with Crippen LogP contribution in [0.15, 0.2) is 30.5 Å². The number of nitrogens with two attached hydrogens (primary N) is 1. The molecule has 19 heavy (non-hydrogen) atoms. The monoisotopic (exact) mass is 259 g/mol. The van der Waals surface area contributed by atoms with Gasteiger partial charge >= 0.3 is 0 Å². The van der Waals surface area contributed by atoms with Gasteiger partial charge in [0.05, 0.1) is 25.3 Å². The van der Waals surface area contributed by atoms with E-state index in [4.69, 9.17) is 10.5 Å². The molecule has 2 heterocycles. The Kier molecular flexibility index (Phi) is 3.23. The first-order valence-corrected chi connectivity index (χ1v) is 6.43. The van der Waals surface area contributed by atoms with E-state index < -0.39 is 6.04 Å². The predicted molar refractivity (Wildman–Crippen MR) is 72.7 cm³/mol. The number of hydrogen-bond acceptors (Lipinski definition) is 3. The minimum Gasteiger partial charge on any atom is -0.377 e. The number of aromatic amines is 1. The summed E-state index contributed by atoms with van der Waals surface area (Å²) < 4.78 is 5.02. The van der Waals surface area contributed by atoms with Gasteiger partial charge in [0, 0.05) is 17.1 Å². The number of aromatic nitrogens is 1. The third kappa shape index (κ3) is 2.47. The molecule has 4 N–H and O–H groups in total. The summed E-state index contributed by atoms with van der Waals surface area (Å²) in [4.78, 5) is 15.1. The van der Waals surface area contributed by atoms with Crippen LogP contribution in [0.3, 0.4) is 0 Å². The molecule has 100 valence electrons. The summed E-state index contributed by atoms with van der Waals surface area (Å²) >= 11 is 0. The minimum atomic E-state index is -0.528. The average Bonchev–Trinajstić information content (AvgIpc) is 2.77. The summed E-state index contributed by atoms with van der Waals surface area (Å²) in [6.07, 6.45) is 2.45. The Bertz CT molecular complexity index is 589. The molecule has 0 bridgehead atoms. The van der Waals surface area contributed by atoms with E-state index in [0.29, 0.717) is 19.6 Å². The van der Waals surface area contributed by atoms with Crippen LogP contribution in [0, 0.1) is 0 Å². The van der Waals surface area contributed by atoms with Crippen molar-refractivity contribution in [3.63, 3.8) is 0 Å². The van der Waals surface area contributed by atoms with Crippen molar-refractivity contribution < 1.29 is 9.53 Å². The fourth-order valence-electron chi connectivity index (χ4n) is 2.26. The van der Waals surface area contributed by atoms with Crippen molar-refractivity contribution in [1.29, 1.82) is 0 Å². The molecule has 1 aromatic heterocycles. The molecular weight excluding hydrogens is 242 g/mol. The van der Waals surface area contributed by atoms with E-state index in [-0.39, 0.29) is 11.9 Å². The van der Waals surface area contributed by atoms with Crippen LogP contribution in [0.4, 0.5) is 0 Å². The molecule has 1 fully saturated rings. The van der Waals surface area contributed by atoms with Gasteiger partial charge in [-0.1, -0.05) is 18.2 Å². The lowest BCUT2D eigenvalue weighted by Crippen LogP contribution is -2.53. The van der Waals surface area contributed by atoms with E-state index in [9.17, 15) is 4.79 Å². The van der Waals surface area contributed by atoms with Gasteiger partial charge in [-0.3, -0.25) is 4.79 Å². The van der Waals surface area contributed by atoms with Crippen molar-refractivity contribution in [2.45, 2.75) is 18.5 Å². The van der Waals surface area contributed by atoms with Gasteiger partial charge in [-0.2, -0.15) is 0 Å². The maximum absolute atomic E-state index is 11.9. The second-order valence-electron chi connectivity index (χ2n) is 4.91. The first-order valence-electron chi connectivity index (χ1n) is 6.43. The first-order chi connectivity index (χ1) is 9.24. The number of amides is 1. The van der Waals surface area contributed by atoms with Crippen LogP contribution in [0.25, 0.3) is 10.9 Å². The number of carbonyl (C=O) groups excluding carboxylic acids is 1. The molecule has 5 nitrogen and oxygen atoms in total. The van der Waals surface area contributed by atoms with Crippen molar-refractivity contribution in [2.24, 2.45) is 5.73 Å². The molecule has 0 aliphatic carbocycles. The summed E-state index contributed by atoms with van der Waals surface area (Å²) in [5, 5.41) is 4.00. The maximum Gasteiger partial charge on any atom is 0.237 e. The summed E-state index contributed by atoms with van der Waals surface area (Å²) in [5.74, 6) is -0.112. The Hall–Kier alpha value is -1.85. The zero-order chi connectivity index (χ0) is 13.2. The summed E-state index contributed by atoms with van der Waals surface area (Å²) in [6, 6.07) is 7.60. The van der Waals surface area contributed by atoms with E-state index in [1.807, 2.05) is 30.5 Å². The van der Waals surface area contributed by atoms with Crippen molar-refractivity contribution in [1.82, 2.24) is 10.3 Å². The van der Waals surface area contributed by atoms with Crippen LogP contribution in [-0.4, -0.2) is 36.2 Å². The van der Waals surface area contributed by atoms with Gasteiger partial charge in [-0.05, 0) is 18.1 Å². The molecule has 1 atom stereocenters. The normalized spacial score (nSPS) is 17.1. The van der Waals surface area contributed by atoms with Crippen molar-refractivity contribution in [3.05, 3.63) is 36.0 Å². The molecule has 1 amide bonds. The highest BCUT2D eigenvalue weighted by Gasteiger charge is 2.24. The lowest BCUT2D eigenvalue weighted by Gasteiger charge is -2.28. The topological polar surface area (TPSA) is 80.1 Å². The summed E-state index contributed by atoms with van der Waals surface area (Å²) in [7, 11) is 0. The number of carbonyl (C=O) groups is 1. The molecular formula is C14H17N3O2. The van der Waals surface area contributed by atoms with E-state index in [0.717, 1.165) is 16.5 Å². The van der Waals surface area contributed by atoms with E-state index in [2.05, 4.69) is 10.3 Å². The highest BCUT2D eigenvalue weighted by Crippen LogP contribution is 2.18. The second kappa shape index (κ2) is 5.03. The Morgan fingerprint density at radius 2 is 2.26 bits per heavy atom. The maximum atomic E-state index is 11.9. The molecule has 1 aliphatic rings. The van der Waals surface area contributed by atoms with Crippen LogP contribution in [-0.2, 0) is 16.0 Å². The zero-order valence-corrected chi connectivity index (χ0v) is 10.6. The Labute approximate surface area is 111 Å². The third-order valence-corrected chi connectivity index (χ3v) is 3.44. The molecule has 0 spiro atoms. The number of nitrogens with one attached hydrogen (secondary N) is 2. The fourth-order valence-corrected chi connectivity index (χ4v) is 2.26. The van der Waals surface area contributed by atoms with Gasteiger partial charge in [0.25, 0.3) is 0 Å². The number of para-hydroxylation sites is 1. The number of ether oxygens (including phenoxy) is 1. The van der Waals surface area contributed by atoms with Crippen molar-refractivity contribution in [2.75, 3.05) is 13.2 Å². The number of fused-ring (bicyclic) bond motifs is 1. The van der Waals surface area contributed by atoms with Crippen molar-refractivity contribution in [3.8, 4) is 0 Å². The van der Waals surface area contributed by atoms with Gasteiger partial charge in [-0.15, -0.1) is 0 Å². The van der Waals surface area contributed by atoms with Crippen LogP contribution in [0.5, 0.6) is 0 Å². The minimum absolute atomic E-state index is 0.112.